The highest BCUT2D eigenvalue weighted by molar-refractivity contribution is 6.16. The van der Waals surface area contributed by atoms with Crippen LogP contribution in [0.25, 0.3) is 32.8 Å². The van der Waals surface area contributed by atoms with Gasteiger partial charge >= 0.3 is 0 Å². The Morgan fingerprint density at radius 3 is 2.11 bits per heavy atom. The highest BCUT2D eigenvalue weighted by Crippen LogP contribution is 2.17. The first-order valence-corrected chi connectivity index (χ1v) is 7.20. The molecule has 3 aromatic rings. The second-order valence-corrected chi connectivity index (χ2v) is 4.56. The zero-order chi connectivity index (χ0) is 19.9. The average Bonchev–Trinajstić information content (AvgIpc) is 3.26. The van der Waals surface area contributed by atoms with Gasteiger partial charge in [0.2, 0.25) is 11.9 Å². The van der Waals surface area contributed by atoms with Crippen molar-refractivity contribution in [3.05, 3.63) is 26.7 Å². The first-order chi connectivity index (χ1) is 13.7. The lowest BCUT2D eigenvalue weighted by atomic mass is 10.8. The van der Waals surface area contributed by atoms with E-state index < -0.39 is 0 Å². The van der Waals surface area contributed by atoms with Gasteiger partial charge in [-0.1, -0.05) is 0 Å². The molecule has 3 heterocycles. The SMILES string of the molecule is C/N=C/C=N\c1nc(N=[N+]=[N-])nn1-c1nnc(-n2nc(C)nc2N=[N+]=[N-])nn1. The van der Waals surface area contributed by atoms with Gasteiger partial charge in [0.1, 0.15) is 5.82 Å². The Hall–Kier alpha value is -4.82. The molecule has 0 aromatic carbocycles. The van der Waals surface area contributed by atoms with Crippen LogP contribution in [0.2, 0.25) is 0 Å². The summed E-state index contributed by atoms with van der Waals surface area (Å²) in [6.45, 7) is 1.60. The smallest absolute Gasteiger partial charge is 0.292 e. The van der Waals surface area contributed by atoms with E-state index in [0.29, 0.717) is 5.82 Å². The summed E-state index contributed by atoms with van der Waals surface area (Å²) in [5.41, 5.74) is 17.1. The number of hydrogen-bond donors (Lipinski definition) is 0. The van der Waals surface area contributed by atoms with E-state index >= 15 is 0 Å². The number of aryl methyl sites for hydroxylation is 1. The van der Waals surface area contributed by atoms with Gasteiger partial charge in [-0.2, -0.15) is 14.3 Å². The van der Waals surface area contributed by atoms with Crippen LogP contribution >= 0.6 is 0 Å². The molecule has 0 radical (unpaired) electrons. The molecule has 0 saturated heterocycles. The third-order valence-corrected chi connectivity index (χ3v) is 2.79. The zero-order valence-electron chi connectivity index (χ0n) is 14.2. The Morgan fingerprint density at radius 2 is 1.50 bits per heavy atom. The van der Waals surface area contributed by atoms with E-state index in [1.165, 1.54) is 12.4 Å². The molecule has 0 unspecified atom stereocenters. The number of azide groups is 2. The maximum Gasteiger partial charge on any atom is 0.292 e. The van der Waals surface area contributed by atoms with E-state index in [1.807, 2.05) is 0 Å². The first kappa shape index (κ1) is 18.0. The predicted octanol–water partition coefficient (Wildman–Crippen LogP) is 1.02. The lowest BCUT2D eigenvalue weighted by molar-refractivity contribution is 0.679. The van der Waals surface area contributed by atoms with E-state index in [-0.39, 0.29) is 29.7 Å². The number of aliphatic imine (C=N–C) groups is 2. The van der Waals surface area contributed by atoms with Crippen molar-refractivity contribution in [1.82, 2.24) is 49.9 Å². The van der Waals surface area contributed by atoms with Crippen molar-refractivity contribution in [3.8, 4) is 11.9 Å². The molecule has 18 nitrogen and oxygen atoms in total. The van der Waals surface area contributed by atoms with Crippen LogP contribution in [0.5, 0.6) is 0 Å². The van der Waals surface area contributed by atoms with Crippen LogP contribution in [0.1, 0.15) is 5.82 Å². The van der Waals surface area contributed by atoms with Crippen molar-refractivity contribution in [2.24, 2.45) is 20.2 Å². The Morgan fingerprint density at radius 1 is 0.857 bits per heavy atom. The Labute approximate surface area is 154 Å². The molecule has 0 aliphatic rings. The highest BCUT2D eigenvalue weighted by atomic mass is 15.5. The second-order valence-electron chi connectivity index (χ2n) is 4.56. The summed E-state index contributed by atoms with van der Waals surface area (Å²) < 4.78 is 2.14. The summed E-state index contributed by atoms with van der Waals surface area (Å²) in [6, 6.07) is 0. The summed E-state index contributed by atoms with van der Waals surface area (Å²) in [5.74, 6) is -0.145. The van der Waals surface area contributed by atoms with Crippen molar-refractivity contribution in [1.29, 1.82) is 0 Å². The van der Waals surface area contributed by atoms with Gasteiger partial charge in [-0.3, -0.25) is 4.99 Å². The number of rotatable bonds is 6. The minimum absolute atomic E-state index is 0.00465. The van der Waals surface area contributed by atoms with Crippen LogP contribution in [0.4, 0.5) is 17.8 Å². The highest BCUT2D eigenvalue weighted by Gasteiger charge is 2.16. The van der Waals surface area contributed by atoms with Gasteiger partial charge in [-0.05, 0) is 28.2 Å². The van der Waals surface area contributed by atoms with Gasteiger partial charge in [0, 0.05) is 29.3 Å². The molecular weight excluding hydrogens is 372 g/mol. The normalized spacial score (nSPS) is 10.9. The van der Waals surface area contributed by atoms with Crippen LogP contribution in [0.3, 0.4) is 0 Å². The lowest BCUT2D eigenvalue weighted by Gasteiger charge is -2.01. The van der Waals surface area contributed by atoms with Crippen LogP contribution < -0.4 is 0 Å². The van der Waals surface area contributed by atoms with Crippen molar-refractivity contribution >= 4 is 30.3 Å². The standard InChI is InChI=1S/C10H8N18/c1-5-15-8(22-26-12)28(23-5)10-20-18-9(19-21-10)27-7(14-4-3-13-2)16-6(24-27)17-25-11/h3-4H,1-2H3/b13-3+,14-4-. The largest absolute Gasteiger partial charge is 0.295 e. The van der Waals surface area contributed by atoms with E-state index in [0.717, 1.165) is 9.36 Å². The van der Waals surface area contributed by atoms with Crippen molar-refractivity contribution in [3.63, 3.8) is 0 Å². The van der Waals surface area contributed by atoms with Crippen LogP contribution in [0, 0.1) is 6.92 Å². The fourth-order valence-corrected chi connectivity index (χ4v) is 1.79. The Kier molecular flexibility index (Phi) is 5.16. The van der Waals surface area contributed by atoms with Gasteiger partial charge in [0.25, 0.3) is 17.8 Å². The molecular formula is C10H8N18. The van der Waals surface area contributed by atoms with Crippen LogP contribution in [-0.2, 0) is 0 Å². The Balaban J connectivity index is 2.02. The molecule has 0 aliphatic carbocycles. The molecule has 0 amide bonds. The predicted molar refractivity (Wildman–Crippen MR) is 92.4 cm³/mol. The minimum atomic E-state index is -0.201. The Bertz CT molecular complexity index is 1130. The fraction of sp³-hybridized carbons (Fsp3) is 0.200. The van der Waals surface area contributed by atoms with E-state index in [9.17, 15) is 0 Å². The van der Waals surface area contributed by atoms with Gasteiger partial charge < -0.3 is 0 Å². The molecule has 0 atom stereocenters. The third-order valence-electron chi connectivity index (χ3n) is 2.79. The maximum absolute atomic E-state index is 8.59. The average molecular weight is 380 g/mol. The maximum atomic E-state index is 8.59. The molecule has 0 N–H and O–H groups in total. The second kappa shape index (κ2) is 8.04. The van der Waals surface area contributed by atoms with Crippen molar-refractivity contribution < 1.29 is 0 Å². The lowest BCUT2D eigenvalue weighted by Crippen LogP contribution is -2.11. The van der Waals surface area contributed by atoms with Gasteiger partial charge in [0.15, 0.2) is 0 Å². The van der Waals surface area contributed by atoms with Gasteiger partial charge in [-0.25, -0.2) is 9.98 Å². The topological polar surface area (TPSA) is 235 Å². The minimum Gasteiger partial charge on any atom is -0.295 e. The third kappa shape index (κ3) is 3.72. The molecule has 3 rings (SSSR count). The van der Waals surface area contributed by atoms with E-state index in [4.69, 9.17) is 11.1 Å². The number of nitrogens with zero attached hydrogens (tertiary/aromatic N) is 18. The monoisotopic (exact) mass is 380 g/mol. The van der Waals surface area contributed by atoms with Crippen molar-refractivity contribution in [2.75, 3.05) is 7.05 Å². The molecule has 3 aromatic heterocycles. The summed E-state index contributed by atoms with van der Waals surface area (Å²) in [7, 11) is 1.56. The molecule has 0 aliphatic heterocycles. The van der Waals surface area contributed by atoms with Crippen LogP contribution in [-0.4, -0.2) is 69.4 Å². The van der Waals surface area contributed by atoms with Crippen molar-refractivity contribution in [2.45, 2.75) is 6.92 Å². The summed E-state index contributed by atoms with van der Waals surface area (Å²) in [5, 5.41) is 30.1. The number of aromatic nitrogens is 10. The van der Waals surface area contributed by atoms with Crippen LogP contribution in [0.15, 0.2) is 20.2 Å². The molecule has 28 heavy (non-hydrogen) atoms. The molecule has 0 fully saturated rings. The van der Waals surface area contributed by atoms with Gasteiger partial charge in [-0.15, -0.1) is 30.6 Å². The molecule has 0 bridgehead atoms. The zero-order valence-corrected chi connectivity index (χ0v) is 14.2. The van der Waals surface area contributed by atoms with E-state index in [1.54, 1.807) is 14.0 Å². The molecule has 18 heteroatoms. The quantitative estimate of drug-likeness (QED) is 0.258. The first-order valence-electron chi connectivity index (χ1n) is 7.20. The fourth-order valence-electron chi connectivity index (χ4n) is 1.79. The summed E-state index contributed by atoms with van der Waals surface area (Å²) in [4.78, 5) is 20.9. The molecule has 0 spiro atoms. The molecule has 138 valence electrons. The van der Waals surface area contributed by atoms with Gasteiger partial charge in [0.05, 0.1) is 0 Å². The summed E-state index contributed by atoms with van der Waals surface area (Å²) >= 11 is 0. The molecule has 0 saturated carbocycles. The number of hydrogen-bond acceptors (Lipinski definition) is 12. The summed E-state index contributed by atoms with van der Waals surface area (Å²) in [6.07, 6.45) is 2.76. The van der Waals surface area contributed by atoms with E-state index in [2.05, 4.69) is 70.6 Å².